The summed E-state index contributed by atoms with van der Waals surface area (Å²) in [6.45, 7) is 2.75. The van der Waals surface area contributed by atoms with Crippen molar-refractivity contribution in [3.05, 3.63) is 0 Å². The molecule has 1 atom stereocenters. The SMILES string of the molecule is CNC(C#N)CCN1CCS(=O)CC1. The third-order valence-electron chi connectivity index (χ3n) is 2.51. The molecule has 0 bridgehead atoms. The maximum absolute atomic E-state index is 11.1. The quantitative estimate of drug-likeness (QED) is 0.690. The molecule has 0 aliphatic carbocycles. The number of nitriles is 1. The molecule has 0 amide bonds. The van der Waals surface area contributed by atoms with E-state index in [1.807, 2.05) is 0 Å². The summed E-state index contributed by atoms with van der Waals surface area (Å²) in [5.74, 6) is 1.58. The maximum Gasteiger partial charge on any atom is 0.0962 e. The highest BCUT2D eigenvalue weighted by Crippen LogP contribution is 2.02. The second-order valence-corrected chi connectivity index (χ2v) is 5.14. The minimum absolute atomic E-state index is 0.0533. The molecular formula is C9H17N3OS. The number of nitrogens with one attached hydrogen (secondary N) is 1. The van der Waals surface area contributed by atoms with Gasteiger partial charge in [-0.15, -0.1) is 0 Å². The molecule has 0 radical (unpaired) electrons. The zero-order valence-corrected chi connectivity index (χ0v) is 9.35. The zero-order valence-electron chi connectivity index (χ0n) is 8.53. The van der Waals surface area contributed by atoms with Gasteiger partial charge in [0.1, 0.15) is 0 Å². The summed E-state index contributed by atoms with van der Waals surface area (Å²) < 4.78 is 11.1. The normalized spacial score (nSPS) is 21.7. The molecule has 0 saturated carbocycles. The summed E-state index contributed by atoms with van der Waals surface area (Å²) in [6.07, 6.45) is 0.847. The number of nitrogens with zero attached hydrogens (tertiary/aromatic N) is 2. The van der Waals surface area contributed by atoms with Crippen LogP contribution in [0.3, 0.4) is 0 Å². The van der Waals surface area contributed by atoms with Crippen molar-refractivity contribution in [2.75, 3.05) is 38.2 Å². The lowest BCUT2D eigenvalue weighted by Crippen LogP contribution is -2.40. The molecule has 1 saturated heterocycles. The Bertz CT molecular complexity index is 229. The third kappa shape index (κ3) is 3.74. The van der Waals surface area contributed by atoms with Gasteiger partial charge in [-0.05, 0) is 13.5 Å². The largest absolute Gasteiger partial charge is 0.305 e. The smallest absolute Gasteiger partial charge is 0.0962 e. The van der Waals surface area contributed by atoms with E-state index in [1.165, 1.54) is 0 Å². The van der Waals surface area contributed by atoms with Gasteiger partial charge in [0.2, 0.25) is 0 Å². The van der Waals surface area contributed by atoms with E-state index in [-0.39, 0.29) is 6.04 Å². The van der Waals surface area contributed by atoms with Crippen LogP contribution in [-0.4, -0.2) is 53.3 Å². The predicted molar refractivity (Wildman–Crippen MR) is 57.4 cm³/mol. The van der Waals surface area contributed by atoms with Crippen molar-refractivity contribution in [1.82, 2.24) is 10.2 Å². The van der Waals surface area contributed by atoms with Gasteiger partial charge in [0, 0.05) is 41.9 Å². The average molecular weight is 215 g/mol. The molecule has 14 heavy (non-hydrogen) atoms. The topological polar surface area (TPSA) is 56.1 Å². The van der Waals surface area contributed by atoms with E-state index >= 15 is 0 Å². The van der Waals surface area contributed by atoms with E-state index in [0.717, 1.165) is 37.6 Å². The molecule has 0 aromatic rings. The van der Waals surface area contributed by atoms with Gasteiger partial charge in [0.15, 0.2) is 0 Å². The lowest BCUT2D eigenvalue weighted by molar-refractivity contribution is 0.288. The molecule has 80 valence electrons. The summed E-state index contributed by atoms with van der Waals surface area (Å²) in [7, 11) is 1.20. The molecule has 4 nitrogen and oxygen atoms in total. The second-order valence-electron chi connectivity index (χ2n) is 3.45. The zero-order chi connectivity index (χ0) is 10.4. The van der Waals surface area contributed by atoms with Crippen LogP contribution in [0.25, 0.3) is 0 Å². The summed E-state index contributed by atoms with van der Waals surface area (Å²) in [4.78, 5) is 2.28. The summed E-state index contributed by atoms with van der Waals surface area (Å²) in [5, 5.41) is 11.7. The first-order valence-corrected chi connectivity index (χ1v) is 6.39. The summed E-state index contributed by atoms with van der Waals surface area (Å²) in [5.41, 5.74) is 0. The van der Waals surface area contributed by atoms with Crippen LogP contribution in [0.4, 0.5) is 0 Å². The van der Waals surface area contributed by atoms with Crippen molar-refractivity contribution in [2.24, 2.45) is 0 Å². The fraction of sp³-hybridized carbons (Fsp3) is 0.889. The Morgan fingerprint density at radius 1 is 1.57 bits per heavy atom. The molecule has 0 spiro atoms. The number of hydrogen-bond acceptors (Lipinski definition) is 4. The third-order valence-corrected chi connectivity index (χ3v) is 3.78. The molecule has 1 unspecified atom stereocenters. The molecule has 5 heteroatoms. The van der Waals surface area contributed by atoms with Gasteiger partial charge in [-0.3, -0.25) is 4.21 Å². The van der Waals surface area contributed by atoms with Gasteiger partial charge in [-0.2, -0.15) is 5.26 Å². The standard InChI is InChI=1S/C9H17N3OS/c1-11-9(8-10)2-3-12-4-6-14(13)7-5-12/h9,11H,2-7H2,1H3. The number of rotatable bonds is 4. The molecule has 1 N–H and O–H groups in total. The molecule has 0 aromatic heterocycles. The van der Waals surface area contributed by atoms with Crippen molar-refractivity contribution >= 4 is 10.8 Å². The highest BCUT2D eigenvalue weighted by atomic mass is 32.2. The fourth-order valence-electron chi connectivity index (χ4n) is 1.48. The second kappa shape index (κ2) is 6.12. The van der Waals surface area contributed by atoms with Gasteiger partial charge >= 0.3 is 0 Å². The van der Waals surface area contributed by atoms with E-state index in [1.54, 1.807) is 7.05 Å². The summed E-state index contributed by atoms with van der Waals surface area (Å²) >= 11 is 0. The van der Waals surface area contributed by atoms with Crippen LogP contribution in [0.15, 0.2) is 0 Å². The van der Waals surface area contributed by atoms with Gasteiger partial charge in [-0.1, -0.05) is 0 Å². The van der Waals surface area contributed by atoms with Crippen molar-refractivity contribution in [3.8, 4) is 6.07 Å². The monoisotopic (exact) mass is 215 g/mol. The van der Waals surface area contributed by atoms with E-state index < -0.39 is 10.8 Å². The van der Waals surface area contributed by atoms with Crippen molar-refractivity contribution in [1.29, 1.82) is 5.26 Å². The Labute approximate surface area is 87.7 Å². The Morgan fingerprint density at radius 3 is 2.71 bits per heavy atom. The summed E-state index contributed by atoms with van der Waals surface area (Å²) in [6, 6.07) is 2.15. The molecule has 1 fully saturated rings. The van der Waals surface area contributed by atoms with Crippen molar-refractivity contribution in [2.45, 2.75) is 12.5 Å². The van der Waals surface area contributed by atoms with Crippen molar-refractivity contribution < 1.29 is 4.21 Å². The van der Waals surface area contributed by atoms with Gasteiger partial charge in [0.25, 0.3) is 0 Å². The minimum atomic E-state index is -0.601. The minimum Gasteiger partial charge on any atom is -0.305 e. The highest BCUT2D eigenvalue weighted by Gasteiger charge is 2.15. The molecular weight excluding hydrogens is 198 g/mol. The van der Waals surface area contributed by atoms with Crippen LogP contribution < -0.4 is 5.32 Å². The van der Waals surface area contributed by atoms with Crippen LogP contribution in [0.2, 0.25) is 0 Å². The van der Waals surface area contributed by atoms with E-state index in [0.29, 0.717) is 0 Å². The van der Waals surface area contributed by atoms with E-state index in [9.17, 15) is 4.21 Å². The van der Waals surface area contributed by atoms with E-state index in [4.69, 9.17) is 5.26 Å². The Kier molecular flexibility index (Phi) is 5.09. The molecule has 1 heterocycles. The van der Waals surface area contributed by atoms with E-state index in [2.05, 4.69) is 16.3 Å². The first-order chi connectivity index (χ1) is 6.76. The molecule has 1 aliphatic heterocycles. The molecule has 1 aliphatic rings. The first kappa shape index (κ1) is 11.6. The molecule has 1 rings (SSSR count). The van der Waals surface area contributed by atoms with Crippen LogP contribution in [0.5, 0.6) is 0 Å². The van der Waals surface area contributed by atoms with Gasteiger partial charge in [-0.25, -0.2) is 0 Å². The van der Waals surface area contributed by atoms with Crippen LogP contribution >= 0.6 is 0 Å². The molecule has 0 aromatic carbocycles. The Hall–Kier alpha value is -0.440. The average Bonchev–Trinajstić information content (AvgIpc) is 2.22. The predicted octanol–water partition coefficient (Wildman–Crippen LogP) is -0.448. The lowest BCUT2D eigenvalue weighted by Gasteiger charge is -2.26. The van der Waals surface area contributed by atoms with Gasteiger partial charge < -0.3 is 10.2 Å². The first-order valence-electron chi connectivity index (χ1n) is 4.90. The Balaban J connectivity index is 2.19. The van der Waals surface area contributed by atoms with Crippen molar-refractivity contribution in [3.63, 3.8) is 0 Å². The van der Waals surface area contributed by atoms with Crippen LogP contribution in [0.1, 0.15) is 6.42 Å². The fourth-order valence-corrected chi connectivity index (χ4v) is 2.61. The Morgan fingerprint density at radius 2 is 2.21 bits per heavy atom. The van der Waals surface area contributed by atoms with Crippen LogP contribution in [0, 0.1) is 11.3 Å². The highest BCUT2D eigenvalue weighted by molar-refractivity contribution is 7.85. The maximum atomic E-state index is 11.1. The lowest BCUT2D eigenvalue weighted by atomic mass is 10.2. The van der Waals surface area contributed by atoms with Crippen LogP contribution in [-0.2, 0) is 10.8 Å². The number of hydrogen-bond donors (Lipinski definition) is 1. The van der Waals surface area contributed by atoms with Gasteiger partial charge in [0.05, 0.1) is 12.1 Å².